The SMILES string of the molecule is Cc1ccc2c(c1)C(NC(=O)C1CCCC1)CC(C)(C)O2. The van der Waals surface area contributed by atoms with E-state index in [2.05, 4.69) is 38.2 Å². The predicted molar refractivity (Wildman–Crippen MR) is 83.3 cm³/mol. The molecule has 1 fully saturated rings. The number of ether oxygens (including phenoxy) is 1. The topological polar surface area (TPSA) is 38.3 Å². The Bertz CT molecular complexity index is 544. The number of nitrogens with one attached hydrogen (secondary N) is 1. The molecule has 1 amide bonds. The van der Waals surface area contributed by atoms with Crippen molar-refractivity contribution in [2.45, 2.75) is 64.5 Å². The molecule has 1 aliphatic heterocycles. The molecular weight excluding hydrogens is 262 g/mol. The predicted octanol–water partition coefficient (Wildman–Crippen LogP) is 3.90. The summed E-state index contributed by atoms with van der Waals surface area (Å²) in [7, 11) is 0. The minimum absolute atomic E-state index is 0.0664. The Morgan fingerprint density at radius 2 is 2.00 bits per heavy atom. The number of aryl methyl sites for hydroxylation is 1. The lowest BCUT2D eigenvalue weighted by Crippen LogP contribution is -2.42. The van der Waals surface area contributed by atoms with E-state index < -0.39 is 0 Å². The maximum Gasteiger partial charge on any atom is 0.223 e. The summed E-state index contributed by atoms with van der Waals surface area (Å²) in [6, 6.07) is 6.30. The van der Waals surface area contributed by atoms with Gasteiger partial charge in [0.1, 0.15) is 11.4 Å². The first-order valence-electron chi connectivity index (χ1n) is 8.04. The van der Waals surface area contributed by atoms with Crippen molar-refractivity contribution in [1.82, 2.24) is 5.32 Å². The second kappa shape index (κ2) is 5.36. The molecule has 1 heterocycles. The van der Waals surface area contributed by atoms with Crippen LogP contribution in [0.2, 0.25) is 0 Å². The molecule has 1 aliphatic carbocycles. The third-order valence-corrected chi connectivity index (χ3v) is 4.67. The summed E-state index contributed by atoms with van der Waals surface area (Å²) in [6.07, 6.45) is 5.28. The third-order valence-electron chi connectivity index (χ3n) is 4.67. The summed E-state index contributed by atoms with van der Waals surface area (Å²) in [5.41, 5.74) is 2.09. The van der Waals surface area contributed by atoms with Gasteiger partial charge in [0, 0.05) is 17.9 Å². The average Bonchev–Trinajstić information content (AvgIpc) is 2.93. The van der Waals surface area contributed by atoms with Gasteiger partial charge in [0.25, 0.3) is 0 Å². The minimum Gasteiger partial charge on any atom is -0.487 e. The first-order chi connectivity index (χ1) is 9.94. The third kappa shape index (κ3) is 3.07. The number of carbonyl (C=O) groups excluding carboxylic acids is 1. The molecule has 0 spiro atoms. The van der Waals surface area contributed by atoms with Crippen molar-refractivity contribution >= 4 is 5.91 Å². The van der Waals surface area contributed by atoms with Crippen LogP contribution in [0.25, 0.3) is 0 Å². The Hall–Kier alpha value is -1.51. The molecule has 0 saturated heterocycles. The molecule has 1 N–H and O–H groups in total. The summed E-state index contributed by atoms with van der Waals surface area (Å²) < 4.78 is 6.06. The molecular formula is C18H25NO2. The standard InChI is InChI=1S/C18H25NO2/c1-12-8-9-16-14(10-12)15(11-18(2,3)21-16)19-17(20)13-6-4-5-7-13/h8-10,13,15H,4-7,11H2,1-3H3,(H,19,20). The Balaban J connectivity index is 1.83. The fourth-order valence-electron chi connectivity index (χ4n) is 3.58. The van der Waals surface area contributed by atoms with E-state index >= 15 is 0 Å². The van der Waals surface area contributed by atoms with Crippen molar-refractivity contribution in [2.24, 2.45) is 5.92 Å². The van der Waals surface area contributed by atoms with Gasteiger partial charge in [0.15, 0.2) is 0 Å². The molecule has 1 atom stereocenters. The minimum atomic E-state index is -0.240. The van der Waals surface area contributed by atoms with Crippen LogP contribution < -0.4 is 10.1 Å². The van der Waals surface area contributed by atoms with Crippen LogP contribution in [0.4, 0.5) is 0 Å². The number of hydrogen-bond acceptors (Lipinski definition) is 2. The zero-order valence-corrected chi connectivity index (χ0v) is 13.2. The number of carbonyl (C=O) groups is 1. The van der Waals surface area contributed by atoms with Crippen LogP contribution >= 0.6 is 0 Å². The van der Waals surface area contributed by atoms with Crippen molar-refractivity contribution in [3.8, 4) is 5.75 Å². The Kier molecular flexibility index (Phi) is 3.68. The number of amides is 1. The maximum absolute atomic E-state index is 12.5. The Morgan fingerprint density at radius 3 is 2.71 bits per heavy atom. The van der Waals surface area contributed by atoms with Gasteiger partial charge in [-0.05, 0) is 39.7 Å². The molecule has 21 heavy (non-hydrogen) atoms. The summed E-state index contributed by atoms with van der Waals surface area (Å²) in [6.45, 7) is 6.25. The quantitative estimate of drug-likeness (QED) is 0.895. The summed E-state index contributed by atoms with van der Waals surface area (Å²) in [4.78, 5) is 12.5. The number of benzene rings is 1. The van der Waals surface area contributed by atoms with Gasteiger partial charge in [-0.25, -0.2) is 0 Å². The number of hydrogen-bond donors (Lipinski definition) is 1. The lowest BCUT2D eigenvalue weighted by Gasteiger charge is -2.38. The molecule has 1 unspecified atom stereocenters. The lowest BCUT2D eigenvalue weighted by atomic mass is 9.88. The molecule has 3 heteroatoms. The first-order valence-corrected chi connectivity index (χ1v) is 8.04. The van der Waals surface area contributed by atoms with E-state index in [4.69, 9.17) is 4.74 Å². The van der Waals surface area contributed by atoms with Crippen molar-refractivity contribution < 1.29 is 9.53 Å². The molecule has 1 aromatic rings. The van der Waals surface area contributed by atoms with E-state index in [0.29, 0.717) is 0 Å². The van der Waals surface area contributed by atoms with E-state index in [9.17, 15) is 4.79 Å². The number of fused-ring (bicyclic) bond motifs is 1. The highest BCUT2D eigenvalue weighted by Crippen LogP contribution is 2.40. The van der Waals surface area contributed by atoms with Crippen LogP contribution in [-0.2, 0) is 4.79 Å². The van der Waals surface area contributed by atoms with Crippen LogP contribution in [0.1, 0.15) is 63.1 Å². The van der Waals surface area contributed by atoms with E-state index in [0.717, 1.165) is 30.6 Å². The average molecular weight is 287 g/mol. The molecule has 1 aromatic carbocycles. The van der Waals surface area contributed by atoms with E-state index in [-0.39, 0.29) is 23.5 Å². The summed E-state index contributed by atoms with van der Waals surface area (Å²) in [5.74, 6) is 1.35. The zero-order chi connectivity index (χ0) is 15.0. The van der Waals surface area contributed by atoms with Crippen LogP contribution in [0.5, 0.6) is 5.75 Å². The van der Waals surface area contributed by atoms with Crippen molar-refractivity contribution in [3.63, 3.8) is 0 Å². The van der Waals surface area contributed by atoms with Crippen molar-refractivity contribution in [1.29, 1.82) is 0 Å². The van der Waals surface area contributed by atoms with Gasteiger partial charge < -0.3 is 10.1 Å². The molecule has 0 radical (unpaired) electrons. The second-order valence-corrected chi connectivity index (χ2v) is 7.15. The van der Waals surface area contributed by atoms with Gasteiger partial charge in [0.2, 0.25) is 5.91 Å². The Labute approximate surface area is 127 Å². The van der Waals surface area contributed by atoms with Crippen LogP contribution in [0, 0.1) is 12.8 Å². The molecule has 0 aromatic heterocycles. The van der Waals surface area contributed by atoms with E-state index in [1.165, 1.54) is 18.4 Å². The van der Waals surface area contributed by atoms with Gasteiger partial charge in [0.05, 0.1) is 6.04 Å². The monoisotopic (exact) mass is 287 g/mol. The van der Waals surface area contributed by atoms with Gasteiger partial charge in [-0.2, -0.15) is 0 Å². The lowest BCUT2D eigenvalue weighted by molar-refractivity contribution is -0.126. The normalized spacial score (nSPS) is 24.2. The Morgan fingerprint density at radius 1 is 1.29 bits per heavy atom. The van der Waals surface area contributed by atoms with Crippen molar-refractivity contribution in [3.05, 3.63) is 29.3 Å². The molecule has 3 nitrogen and oxygen atoms in total. The second-order valence-electron chi connectivity index (χ2n) is 7.15. The van der Waals surface area contributed by atoms with E-state index in [1.807, 2.05) is 6.07 Å². The molecule has 3 rings (SSSR count). The number of rotatable bonds is 2. The van der Waals surface area contributed by atoms with Crippen molar-refractivity contribution in [2.75, 3.05) is 0 Å². The maximum atomic E-state index is 12.5. The van der Waals surface area contributed by atoms with Crippen LogP contribution in [-0.4, -0.2) is 11.5 Å². The molecule has 114 valence electrons. The summed E-state index contributed by atoms with van der Waals surface area (Å²) in [5, 5.41) is 3.28. The fourth-order valence-corrected chi connectivity index (χ4v) is 3.58. The smallest absolute Gasteiger partial charge is 0.223 e. The fraction of sp³-hybridized carbons (Fsp3) is 0.611. The highest BCUT2D eigenvalue weighted by molar-refractivity contribution is 5.79. The van der Waals surface area contributed by atoms with E-state index in [1.54, 1.807) is 0 Å². The first kappa shape index (κ1) is 14.4. The van der Waals surface area contributed by atoms with Gasteiger partial charge in [-0.15, -0.1) is 0 Å². The zero-order valence-electron chi connectivity index (χ0n) is 13.2. The van der Waals surface area contributed by atoms with Crippen LogP contribution in [0.3, 0.4) is 0 Å². The highest BCUT2D eigenvalue weighted by atomic mass is 16.5. The highest BCUT2D eigenvalue weighted by Gasteiger charge is 2.35. The molecule has 2 aliphatic rings. The molecule has 1 saturated carbocycles. The summed E-state index contributed by atoms with van der Waals surface area (Å²) >= 11 is 0. The largest absolute Gasteiger partial charge is 0.487 e. The molecule has 0 bridgehead atoms. The van der Waals surface area contributed by atoms with Crippen LogP contribution in [0.15, 0.2) is 18.2 Å². The van der Waals surface area contributed by atoms with Gasteiger partial charge in [-0.3, -0.25) is 4.79 Å². The van der Waals surface area contributed by atoms with Gasteiger partial charge in [-0.1, -0.05) is 30.5 Å². The van der Waals surface area contributed by atoms with Gasteiger partial charge >= 0.3 is 0 Å².